The Labute approximate surface area is 150 Å². The fourth-order valence-electron chi connectivity index (χ4n) is 3.02. The molecule has 0 unspecified atom stereocenters. The lowest BCUT2D eigenvalue weighted by Crippen LogP contribution is -2.40. The average Bonchev–Trinajstić information content (AvgIpc) is 3.05. The molecule has 1 saturated heterocycles. The van der Waals surface area contributed by atoms with Gasteiger partial charge in [-0.25, -0.2) is 4.79 Å². The van der Waals surface area contributed by atoms with Gasteiger partial charge in [0.15, 0.2) is 5.16 Å². The topological polar surface area (TPSA) is 88.3 Å². The van der Waals surface area contributed by atoms with Crippen LogP contribution < -0.4 is 0 Å². The van der Waals surface area contributed by atoms with Gasteiger partial charge in [0.05, 0.1) is 11.3 Å². The molecular weight excluding hydrogens is 340 g/mol. The number of aromatic carboxylic acids is 1. The highest BCUT2D eigenvalue weighted by molar-refractivity contribution is 7.99. The highest BCUT2D eigenvalue weighted by Crippen LogP contribution is 2.28. The fourth-order valence-corrected chi connectivity index (χ4v) is 3.81. The first kappa shape index (κ1) is 17.5. The number of carbonyl (C=O) groups is 2. The number of aromatic nitrogens is 3. The summed E-state index contributed by atoms with van der Waals surface area (Å²) >= 11 is 1.38. The maximum Gasteiger partial charge on any atom is 0.335 e. The summed E-state index contributed by atoms with van der Waals surface area (Å²) in [7, 11) is 1.85. The summed E-state index contributed by atoms with van der Waals surface area (Å²) in [5, 5.41) is 17.6. The first-order chi connectivity index (χ1) is 12.0. The molecule has 3 rings (SSSR count). The van der Waals surface area contributed by atoms with Crippen LogP contribution in [0.2, 0.25) is 0 Å². The van der Waals surface area contributed by atoms with Crippen LogP contribution in [0.15, 0.2) is 35.7 Å². The summed E-state index contributed by atoms with van der Waals surface area (Å²) in [4.78, 5) is 25.5. The first-order valence-electron chi connectivity index (χ1n) is 8.12. The Balaban J connectivity index is 1.62. The molecule has 1 aliphatic heterocycles. The molecule has 0 spiro atoms. The van der Waals surface area contributed by atoms with Crippen molar-refractivity contribution in [2.24, 2.45) is 7.05 Å². The van der Waals surface area contributed by atoms with Crippen molar-refractivity contribution in [2.75, 3.05) is 18.8 Å². The lowest BCUT2D eigenvalue weighted by molar-refractivity contribution is -0.129. The van der Waals surface area contributed by atoms with E-state index in [2.05, 4.69) is 10.2 Å². The number of hydrogen-bond donors (Lipinski definition) is 1. The minimum atomic E-state index is -0.925. The second-order valence-electron chi connectivity index (χ2n) is 6.12. The second-order valence-corrected chi connectivity index (χ2v) is 7.07. The van der Waals surface area contributed by atoms with Crippen LogP contribution in [0.5, 0.6) is 0 Å². The summed E-state index contributed by atoms with van der Waals surface area (Å²) in [5.74, 6) is -0.344. The predicted octanol–water partition coefficient (Wildman–Crippen LogP) is 2.01. The van der Waals surface area contributed by atoms with E-state index in [1.807, 2.05) is 18.0 Å². The van der Waals surface area contributed by atoms with Crippen LogP contribution >= 0.6 is 11.8 Å². The summed E-state index contributed by atoms with van der Waals surface area (Å²) in [6, 6.07) is 7.02. The van der Waals surface area contributed by atoms with Gasteiger partial charge in [-0.2, -0.15) is 0 Å². The van der Waals surface area contributed by atoms with Gasteiger partial charge in [-0.15, -0.1) is 10.2 Å². The number of carboxylic acids is 1. The van der Waals surface area contributed by atoms with Gasteiger partial charge in [0, 0.05) is 26.1 Å². The number of hydrogen-bond acceptors (Lipinski definition) is 5. The lowest BCUT2D eigenvalue weighted by Gasteiger charge is -2.33. The molecule has 1 atom stereocenters. The molecule has 0 aliphatic carbocycles. The molecule has 132 valence electrons. The van der Waals surface area contributed by atoms with Crippen molar-refractivity contribution in [3.8, 4) is 0 Å². The molecule has 1 aliphatic rings. The minimum Gasteiger partial charge on any atom is -0.478 e. The highest BCUT2D eigenvalue weighted by atomic mass is 32.2. The van der Waals surface area contributed by atoms with Crippen LogP contribution in [0.4, 0.5) is 0 Å². The van der Waals surface area contributed by atoms with E-state index in [0.717, 1.165) is 30.1 Å². The van der Waals surface area contributed by atoms with Crippen LogP contribution in [-0.2, 0) is 11.8 Å². The van der Waals surface area contributed by atoms with Crippen LogP contribution in [-0.4, -0.2) is 55.5 Å². The maximum absolute atomic E-state index is 12.5. The largest absolute Gasteiger partial charge is 0.478 e. The summed E-state index contributed by atoms with van der Waals surface area (Å²) < 4.78 is 1.79. The molecule has 0 saturated carbocycles. The van der Waals surface area contributed by atoms with E-state index in [1.165, 1.54) is 11.8 Å². The molecule has 1 fully saturated rings. The van der Waals surface area contributed by atoms with E-state index in [-0.39, 0.29) is 11.8 Å². The SMILES string of the molecule is Cn1cnnc1SCC(=O)N1CCC[C@H](c2cccc(C(=O)O)c2)C1. The van der Waals surface area contributed by atoms with Gasteiger partial charge in [-0.3, -0.25) is 4.79 Å². The number of carboxylic acid groups (broad SMARTS) is 1. The van der Waals surface area contributed by atoms with Gasteiger partial charge in [0.25, 0.3) is 0 Å². The average molecular weight is 360 g/mol. The summed E-state index contributed by atoms with van der Waals surface area (Å²) in [6.45, 7) is 1.37. The monoisotopic (exact) mass is 360 g/mol. The van der Waals surface area contributed by atoms with Crippen molar-refractivity contribution in [2.45, 2.75) is 23.9 Å². The second kappa shape index (κ2) is 7.69. The van der Waals surface area contributed by atoms with Crippen molar-refractivity contribution < 1.29 is 14.7 Å². The molecule has 1 aromatic carbocycles. The number of likely N-dealkylation sites (tertiary alicyclic amines) is 1. The Morgan fingerprint density at radius 1 is 1.40 bits per heavy atom. The molecule has 0 radical (unpaired) electrons. The molecular formula is C17H20N4O3S. The van der Waals surface area contributed by atoms with Gasteiger partial charge in [-0.05, 0) is 30.5 Å². The number of thioether (sulfide) groups is 1. The van der Waals surface area contributed by atoms with E-state index in [1.54, 1.807) is 29.1 Å². The number of benzene rings is 1. The van der Waals surface area contributed by atoms with Crippen LogP contribution in [0.25, 0.3) is 0 Å². The molecule has 8 heteroatoms. The van der Waals surface area contributed by atoms with Crippen LogP contribution in [0.3, 0.4) is 0 Å². The Morgan fingerprint density at radius 3 is 2.96 bits per heavy atom. The van der Waals surface area contributed by atoms with Gasteiger partial charge < -0.3 is 14.6 Å². The van der Waals surface area contributed by atoms with E-state index >= 15 is 0 Å². The summed E-state index contributed by atoms with van der Waals surface area (Å²) in [5.41, 5.74) is 1.28. The quantitative estimate of drug-likeness (QED) is 0.821. The Morgan fingerprint density at radius 2 is 2.24 bits per heavy atom. The minimum absolute atomic E-state index is 0.0760. The van der Waals surface area contributed by atoms with E-state index < -0.39 is 5.97 Å². The smallest absolute Gasteiger partial charge is 0.335 e. The zero-order valence-corrected chi connectivity index (χ0v) is 14.8. The van der Waals surface area contributed by atoms with E-state index in [4.69, 9.17) is 5.11 Å². The lowest BCUT2D eigenvalue weighted by atomic mass is 9.89. The number of nitrogens with zero attached hydrogens (tertiary/aromatic N) is 4. The molecule has 25 heavy (non-hydrogen) atoms. The van der Waals surface area contributed by atoms with E-state index in [9.17, 15) is 9.59 Å². The van der Waals surface area contributed by atoms with Crippen molar-refractivity contribution in [3.63, 3.8) is 0 Å². The maximum atomic E-state index is 12.5. The first-order valence-corrected chi connectivity index (χ1v) is 9.11. The van der Waals surface area contributed by atoms with Crippen molar-refractivity contribution in [3.05, 3.63) is 41.7 Å². The normalized spacial score (nSPS) is 17.5. The van der Waals surface area contributed by atoms with Crippen molar-refractivity contribution in [1.29, 1.82) is 0 Å². The zero-order valence-electron chi connectivity index (χ0n) is 14.0. The predicted molar refractivity (Wildman–Crippen MR) is 93.7 cm³/mol. The number of aryl methyl sites for hydroxylation is 1. The van der Waals surface area contributed by atoms with Crippen molar-refractivity contribution >= 4 is 23.6 Å². The van der Waals surface area contributed by atoms with Crippen LogP contribution in [0, 0.1) is 0 Å². The third kappa shape index (κ3) is 4.19. The Kier molecular flexibility index (Phi) is 5.37. The Bertz CT molecular complexity index is 777. The van der Waals surface area contributed by atoms with Gasteiger partial charge >= 0.3 is 5.97 Å². The number of carbonyl (C=O) groups excluding carboxylic acids is 1. The van der Waals surface area contributed by atoms with Crippen molar-refractivity contribution in [1.82, 2.24) is 19.7 Å². The van der Waals surface area contributed by atoms with Gasteiger partial charge in [-0.1, -0.05) is 23.9 Å². The van der Waals surface area contributed by atoms with E-state index in [0.29, 0.717) is 17.9 Å². The molecule has 1 amide bonds. The highest BCUT2D eigenvalue weighted by Gasteiger charge is 2.25. The molecule has 2 heterocycles. The van der Waals surface area contributed by atoms with Crippen LogP contribution in [0.1, 0.15) is 34.7 Å². The molecule has 1 N–H and O–H groups in total. The molecule has 7 nitrogen and oxygen atoms in total. The number of rotatable bonds is 5. The number of piperidine rings is 1. The van der Waals surface area contributed by atoms with Gasteiger partial charge in [0.2, 0.25) is 5.91 Å². The summed E-state index contributed by atoms with van der Waals surface area (Å²) in [6.07, 6.45) is 3.49. The zero-order chi connectivity index (χ0) is 17.8. The van der Waals surface area contributed by atoms with Gasteiger partial charge in [0.1, 0.15) is 6.33 Å². The third-order valence-corrected chi connectivity index (χ3v) is 5.39. The Hall–Kier alpha value is -2.35. The molecule has 0 bridgehead atoms. The molecule has 1 aromatic heterocycles. The standard InChI is InChI=1S/C17H20N4O3S/c1-20-11-18-19-17(20)25-10-15(22)21-7-3-6-14(9-21)12-4-2-5-13(8-12)16(23)24/h2,4-5,8,11,14H,3,6-7,9-10H2,1H3,(H,23,24)/t14-/m0/s1. The fraction of sp³-hybridized carbons (Fsp3) is 0.412. The third-order valence-electron chi connectivity index (χ3n) is 4.37. The molecule has 2 aromatic rings. The number of amides is 1.